The largest absolute Gasteiger partial charge is 0.325 e. The van der Waals surface area contributed by atoms with Gasteiger partial charge in [-0.05, 0) is 36.5 Å². The molecule has 3 N–H and O–H groups in total. The van der Waals surface area contributed by atoms with Gasteiger partial charge in [0.1, 0.15) is 6.04 Å². The Morgan fingerprint density at radius 2 is 1.96 bits per heavy atom. The molecule has 1 aromatic carbocycles. The summed E-state index contributed by atoms with van der Waals surface area (Å²) in [6.07, 6.45) is 2.99. The number of imide groups is 1. The van der Waals surface area contributed by atoms with E-state index in [0.717, 1.165) is 38.0 Å². The highest BCUT2D eigenvalue weighted by atomic mass is 16.2. The van der Waals surface area contributed by atoms with Gasteiger partial charge in [-0.25, -0.2) is 0 Å². The smallest absolute Gasteiger partial charge is 0.255 e. The lowest BCUT2D eigenvalue weighted by Gasteiger charge is -2.42. The van der Waals surface area contributed by atoms with Crippen LogP contribution in [0.3, 0.4) is 0 Å². The van der Waals surface area contributed by atoms with Crippen LogP contribution in [-0.2, 0) is 22.7 Å². The van der Waals surface area contributed by atoms with Crippen molar-refractivity contribution in [3.05, 3.63) is 34.9 Å². The minimum atomic E-state index is -0.554. The van der Waals surface area contributed by atoms with E-state index in [1.54, 1.807) is 4.90 Å². The number of nitrogens with zero attached hydrogens (tertiary/aromatic N) is 2. The number of rotatable bonds is 4. The topological polar surface area (TPSA) is 95.7 Å². The summed E-state index contributed by atoms with van der Waals surface area (Å²) in [6, 6.07) is 5.41. The summed E-state index contributed by atoms with van der Waals surface area (Å²) in [5.74, 6) is -0.124. The number of fused-ring (bicyclic) bond motifs is 1. The van der Waals surface area contributed by atoms with Gasteiger partial charge in [-0.15, -0.1) is 0 Å². The molecule has 0 bridgehead atoms. The van der Waals surface area contributed by atoms with Crippen LogP contribution in [0.4, 0.5) is 0 Å². The van der Waals surface area contributed by atoms with Crippen molar-refractivity contribution >= 4 is 17.7 Å². The molecule has 1 aromatic rings. The van der Waals surface area contributed by atoms with Crippen LogP contribution < -0.4 is 11.1 Å². The summed E-state index contributed by atoms with van der Waals surface area (Å²) in [6.45, 7) is 3.40. The molecule has 27 heavy (non-hydrogen) atoms. The summed E-state index contributed by atoms with van der Waals surface area (Å²) >= 11 is 0. The van der Waals surface area contributed by atoms with Gasteiger partial charge in [-0.3, -0.25) is 24.6 Å². The standard InChI is InChI=1S/C20H24N4O3/c21-20(5-6-20)14-10-23(11-14)8-12-1-2-15-13(7-12)9-24(19(15)27)16-3-4-17(25)22-18(16)26/h1-2,7,14,16H,3-6,8-11,21H2,(H,22,25,26). The third-order valence-corrected chi connectivity index (χ3v) is 6.59. The van der Waals surface area contributed by atoms with Gasteiger partial charge in [0.25, 0.3) is 5.91 Å². The molecule has 7 nitrogen and oxygen atoms in total. The maximum atomic E-state index is 12.7. The zero-order valence-electron chi connectivity index (χ0n) is 15.2. The number of carbonyl (C=O) groups excluding carboxylic acids is 3. The van der Waals surface area contributed by atoms with Gasteiger partial charge < -0.3 is 10.6 Å². The first-order valence-electron chi connectivity index (χ1n) is 9.71. The molecule has 5 rings (SSSR count). The molecule has 4 aliphatic rings. The second-order valence-corrected chi connectivity index (χ2v) is 8.52. The van der Waals surface area contributed by atoms with Gasteiger partial charge in [-0.2, -0.15) is 0 Å². The summed E-state index contributed by atoms with van der Waals surface area (Å²) in [4.78, 5) is 40.2. The van der Waals surface area contributed by atoms with Crippen LogP contribution in [0, 0.1) is 5.92 Å². The SMILES string of the molecule is NC1(C2CN(Cc3ccc4c(c3)CN(C3CCC(=O)NC3=O)C4=O)C2)CC1. The predicted molar refractivity (Wildman–Crippen MR) is 97.4 cm³/mol. The Kier molecular flexibility index (Phi) is 3.67. The van der Waals surface area contributed by atoms with E-state index in [1.807, 2.05) is 12.1 Å². The fraction of sp³-hybridized carbons (Fsp3) is 0.550. The fourth-order valence-corrected chi connectivity index (χ4v) is 4.60. The molecule has 0 spiro atoms. The highest BCUT2D eigenvalue weighted by Gasteiger charge is 2.50. The van der Waals surface area contributed by atoms with E-state index in [4.69, 9.17) is 5.73 Å². The first kappa shape index (κ1) is 16.9. The van der Waals surface area contributed by atoms with Crippen molar-refractivity contribution in [2.75, 3.05) is 13.1 Å². The fourth-order valence-electron chi connectivity index (χ4n) is 4.60. The average Bonchev–Trinajstić information content (AvgIpc) is 3.25. The van der Waals surface area contributed by atoms with E-state index in [-0.39, 0.29) is 29.7 Å². The van der Waals surface area contributed by atoms with Crippen molar-refractivity contribution in [1.82, 2.24) is 15.1 Å². The third-order valence-electron chi connectivity index (χ3n) is 6.59. The van der Waals surface area contributed by atoms with Gasteiger partial charge in [0.2, 0.25) is 11.8 Å². The quantitative estimate of drug-likeness (QED) is 0.749. The van der Waals surface area contributed by atoms with E-state index >= 15 is 0 Å². The number of hydrogen-bond acceptors (Lipinski definition) is 5. The van der Waals surface area contributed by atoms with Crippen molar-refractivity contribution < 1.29 is 14.4 Å². The third kappa shape index (κ3) is 2.85. The maximum Gasteiger partial charge on any atom is 0.255 e. The molecule has 2 saturated heterocycles. The normalized spacial score (nSPS) is 27.4. The molecular formula is C20H24N4O3. The van der Waals surface area contributed by atoms with Crippen LogP contribution in [0.5, 0.6) is 0 Å². The second-order valence-electron chi connectivity index (χ2n) is 8.52. The monoisotopic (exact) mass is 368 g/mol. The number of benzene rings is 1. The molecule has 3 aliphatic heterocycles. The molecule has 1 aliphatic carbocycles. The minimum absolute atomic E-state index is 0.101. The van der Waals surface area contributed by atoms with Crippen molar-refractivity contribution in [3.8, 4) is 0 Å². The van der Waals surface area contributed by atoms with Gasteiger partial charge in [-0.1, -0.05) is 12.1 Å². The predicted octanol–water partition coefficient (Wildman–Crippen LogP) is 0.371. The zero-order valence-corrected chi connectivity index (χ0v) is 15.2. The van der Waals surface area contributed by atoms with E-state index in [2.05, 4.69) is 16.3 Å². The summed E-state index contributed by atoms with van der Waals surface area (Å²) in [5, 5.41) is 2.34. The average molecular weight is 368 g/mol. The lowest BCUT2D eigenvalue weighted by Crippen LogP contribution is -2.55. The minimum Gasteiger partial charge on any atom is -0.325 e. The molecule has 1 unspecified atom stereocenters. The van der Waals surface area contributed by atoms with Crippen molar-refractivity contribution in [1.29, 1.82) is 0 Å². The Morgan fingerprint density at radius 1 is 1.19 bits per heavy atom. The van der Waals surface area contributed by atoms with Gasteiger partial charge in [0, 0.05) is 49.6 Å². The van der Waals surface area contributed by atoms with E-state index in [9.17, 15) is 14.4 Å². The first-order valence-corrected chi connectivity index (χ1v) is 9.71. The maximum absolute atomic E-state index is 12.7. The molecule has 3 fully saturated rings. The number of piperidine rings is 1. The van der Waals surface area contributed by atoms with Crippen LogP contribution in [0.1, 0.15) is 47.2 Å². The van der Waals surface area contributed by atoms with Crippen LogP contribution in [-0.4, -0.2) is 52.2 Å². The highest BCUT2D eigenvalue weighted by molar-refractivity contribution is 6.05. The van der Waals surface area contributed by atoms with E-state index in [0.29, 0.717) is 24.4 Å². The van der Waals surface area contributed by atoms with Crippen LogP contribution >= 0.6 is 0 Å². The molecule has 3 heterocycles. The number of hydrogen-bond donors (Lipinski definition) is 2. The summed E-state index contributed by atoms with van der Waals surface area (Å²) in [5.41, 5.74) is 9.21. The Balaban J connectivity index is 1.25. The number of nitrogens with one attached hydrogen (secondary N) is 1. The molecule has 1 atom stereocenters. The Bertz CT molecular complexity index is 842. The Morgan fingerprint density at radius 3 is 2.67 bits per heavy atom. The van der Waals surface area contributed by atoms with Crippen LogP contribution in [0.2, 0.25) is 0 Å². The molecule has 142 valence electrons. The number of likely N-dealkylation sites (tertiary alicyclic amines) is 1. The Labute approximate surface area is 157 Å². The number of nitrogens with two attached hydrogens (primary N) is 1. The van der Waals surface area contributed by atoms with Gasteiger partial charge in [0.15, 0.2) is 0 Å². The highest BCUT2D eigenvalue weighted by Crippen LogP contribution is 2.44. The van der Waals surface area contributed by atoms with E-state index < -0.39 is 6.04 Å². The number of amides is 3. The lowest BCUT2D eigenvalue weighted by atomic mass is 9.89. The Hall–Kier alpha value is -2.25. The molecule has 3 amide bonds. The molecular weight excluding hydrogens is 344 g/mol. The zero-order chi connectivity index (χ0) is 18.8. The molecule has 1 saturated carbocycles. The van der Waals surface area contributed by atoms with Crippen LogP contribution in [0.25, 0.3) is 0 Å². The van der Waals surface area contributed by atoms with Crippen LogP contribution in [0.15, 0.2) is 18.2 Å². The molecule has 0 aromatic heterocycles. The van der Waals surface area contributed by atoms with Crippen molar-refractivity contribution in [2.45, 2.75) is 50.4 Å². The first-order chi connectivity index (χ1) is 12.9. The van der Waals surface area contributed by atoms with Crippen molar-refractivity contribution in [3.63, 3.8) is 0 Å². The van der Waals surface area contributed by atoms with Gasteiger partial charge in [0.05, 0.1) is 0 Å². The van der Waals surface area contributed by atoms with E-state index in [1.165, 1.54) is 5.56 Å². The summed E-state index contributed by atoms with van der Waals surface area (Å²) in [7, 11) is 0. The summed E-state index contributed by atoms with van der Waals surface area (Å²) < 4.78 is 0. The van der Waals surface area contributed by atoms with Gasteiger partial charge >= 0.3 is 0 Å². The lowest BCUT2D eigenvalue weighted by molar-refractivity contribution is -0.136. The van der Waals surface area contributed by atoms with Crippen molar-refractivity contribution in [2.24, 2.45) is 11.7 Å². The molecule has 7 heteroatoms. The number of carbonyl (C=O) groups is 3. The second kappa shape index (κ2) is 5.87. The molecule has 0 radical (unpaired) electrons.